The summed E-state index contributed by atoms with van der Waals surface area (Å²) in [5.74, 6) is 0.576. The molecule has 2 aliphatic carbocycles. The molecule has 118 valence electrons. The van der Waals surface area contributed by atoms with Gasteiger partial charge in [0.25, 0.3) is 0 Å². The van der Waals surface area contributed by atoms with Crippen LogP contribution in [0, 0.1) is 26.7 Å². The van der Waals surface area contributed by atoms with Gasteiger partial charge in [-0.1, -0.05) is 6.42 Å². The Bertz CT molecular complexity index is 506. The van der Waals surface area contributed by atoms with Crippen molar-refractivity contribution in [1.29, 1.82) is 0 Å². The van der Waals surface area contributed by atoms with Crippen LogP contribution in [0.5, 0.6) is 0 Å². The molecule has 0 amide bonds. The number of hydrogen-bond donors (Lipinski definition) is 2. The summed E-state index contributed by atoms with van der Waals surface area (Å²) in [6.45, 7) is 7.65. The molecule has 2 N–H and O–H groups in total. The summed E-state index contributed by atoms with van der Waals surface area (Å²) in [5.41, 5.74) is 3.72. The van der Waals surface area contributed by atoms with Crippen molar-refractivity contribution in [2.75, 3.05) is 6.61 Å². The lowest BCUT2D eigenvalue weighted by molar-refractivity contribution is 0.114. The summed E-state index contributed by atoms with van der Waals surface area (Å²) in [6.07, 6.45) is 7.28. The minimum absolute atomic E-state index is 0.0215. The highest BCUT2D eigenvalue weighted by atomic mass is 16.3. The highest BCUT2D eigenvalue weighted by Gasteiger charge is 2.44. The van der Waals surface area contributed by atoms with Crippen molar-refractivity contribution < 1.29 is 5.11 Å². The molecule has 4 nitrogen and oxygen atoms in total. The van der Waals surface area contributed by atoms with Crippen molar-refractivity contribution in [3.63, 3.8) is 0 Å². The molecular formula is C17H29N3O. The fourth-order valence-corrected chi connectivity index (χ4v) is 3.93. The second-order valence-electron chi connectivity index (χ2n) is 7.13. The number of hydrogen-bond acceptors (Lipinski definition) is 3. The molecule has 2 fully saturated rings. The summed E-state index contributed by atoms with van der Waals surface area (Å²) < 4.78 is 2.16. The van der Waals surface area contributed by atoms with Gasteiger partial charge in [-0.3, -0.25) is 4.68 Å². The highest BCUT2D eigenvalue weighted by Crippen LogP contribution is 2.40. The Hall–Kier alpha value is -0.870. The maximum atomic E-state index is 9.98. The van der Waals surface area contributed by atoms with E-state index in [0.29, 0.717) is 12.0 Å². The molecular weight excluding hydrogens is 262 g/mol. The molecule has 3 rings (SSSR count). The predicted molar refractivity (Wildman–Crippen MR) is 84.4 cm³/mol. The summed E-state index contributed by atoms with van der Waals surface area (Å²) in [7, 11) is 0. The van der Waals surface area contributed by atoms with Crippen molar-refractivity contribution in [3.8, 4) is 0 Å². The van der Waals surface area contributed by atoms with Crippen LogP contribution >= 0.6 is 0 Å². The van der Waals surface area contributed by atoms with E-state index in [1.54, 1.807) is 0 Å². The first-order chi connectivity index (χ1) is 10.1. The van der Waals surface area contributed by atoms with Crippen LogP contribution in [0.25, 0.3) is 0 Å². The maximum Gasteiger partial charge on any atom is 0.0625 e. The zero-order chi connectivity index (χ0) is 15.0. The normalized spacial score (nSPS) is 29.2. The van der Waals surface area contributed by atoms with E-state index in [4.69, 9.17) is 0 Å². The van der Waals surface area contributed by atoms with Gasteiger partial charge in [-0.15, -0.1) is 0 Å². The summed E-state index contributed by atoms with van der Waals surface area (Å²) in [6, 6.07) is 0.661. The molecule has 0 radical (unpaired) electrons. The lowest BCUT2D eigenvalue weighted by Crippen LogP contribution is -2.52. The Balaban J connectivity index is 1.66. The van der Waals surface area contributed by atoms with E-state index in [9.17, 15) is 5.11 Å². The first-order valence-electron chi connectivity index (χ1n) is 8.45. The SMILES string of the molecule is Cc1nn(CCC2CCCC2(CO)NC2CC2)c(C)c1C. The van der Waals surface area contributed by atoms with Crippen LogP contribution in [0.2, 0.25) is 0 Å². The minimum atomic E-state index is -0.0215. The van der Waals surface area contributed by atoms with Gasteiger partial charge in [-0.05, 0) is 64.4 Å². The Morgan fingerprint density at radius 1 is 1.29 bits per heavy atom. The molecule has 1 heterocycles. The molecule has 0 bridgehead atoms. The average Bonchev–Trinajstić information content (AvgIpc) is 3.15. The van der Waals surface area contributed by atoms with Gasteiger partial charge in [0.05, 0.1) is 12.3 Å². The fraction of sp³-hybridized carbons (Fsp3) is 0.824. The van der Waals surface area contributed by atoms with Crippen LogP contribution in [0.15, 0.2) is 0 Å². The predicted octanol–water partition coefficient (Wildman–Crippen LogP) is 2.48. The largest absolute Gasteiger partial charge is 0.394 e. The molecule has 0 saturated heterocycles. The third-order valence-corrected chi connectivity index (χ3v) is 5.74. The Kier molecular flexibility index (Phi) is 4.10. The second kappa shape index (κ2) is 5.73. The van der Waals surface area contributed by atoms with Crippen LogP contribution < -0.4 is 5.32 Å². The minimum Gasteiger partial charge on any atom is -0.394 e. The lowest BCUT2D eigenvalue weighted by Gasteiger charge is -2.35. The zero-order valence-electron chi connectivity index (χ0n) is 13.7. The molecule has 0 aliphatic heterocycles. The first-order valence-corrected chi connectivity index (χ1v) is 8.45. The van der Waals surface area contributed by atoms with E-state index in [0.717, 1.165) is 25.1 Å². The first kappa shape index (κ1) is 15.0. The smallest absolute Gasteiger partial charge is 0.0625 e. The zero-order valence-corrected chi connectivity index (χ0v) is 13.7. The van der Waals surface area contributed by atoms with E-state index < -0.39 is 0 Å². The molecule has 21 heavy (non-hydrogen) atoms. The van der Waals surface area contributed by atoms with Gasteiger partial charge in [-0.2, -0.15) is 5.10 Å². The van der Waals surface area contributed by atoms with E-state index in [2.05, 4.69) is 35.9 Å². The third-order valence-electron chi connectivity index (χ3n) is 5.74. The van der Waals surface area contributed by atoms with Crippen molar-refractivity contribution in [1.82, 2.24) is 15.1 Å². The number of aliphatic hydroxyl groups is 1. The van der Waals surface area contributed by atoms with E-state index in [-0.39, 0.29) is 12.1 Å². The molecule has 2 unspecified atom stereocenters. The number of rotatable bonds is 6. The average molecular weight is 291 g/mol. The standard InChI is InChI=1S/C17H29N3O/c1-12-13(2)19-20(14(12)3)10-8-15-5-4-9-17(15,11-21)18-16-6-7-16/h15-16,18,21H,4-11H2,1-3H3. The Morgan fingerprint density at radius 3 is 2.62 bits per heavy atom. The van der Waals surface area contributed by atoms with Crippen molar-refractivity contribution in [2.45, 2.75) is 77.4 Å². The number of nitrogens with zero attached hydrogens (tertiary/aromatic N) is 2. The topological polar surface area (TPSA) is 50.1 Å². The monoisotopic (exact) mass is 291 g/mol. The van der Waals surface area contributed by atoms with Gasteiger partial charge in [0, 0.05) is 23.8 Å². The van der Waals surface area contributed by atoms with Crippen LogP contribution in [0.3, 0.4) is 0 Å². The molecule has 1 aromatic heterocycles. The maximum absolute atomic E-state index is 9.98. The van der Waals surface area contributed by atoms with Gasteiger partial charge in [-0.25, -0.2) is 0 Å². The quantitative estimate of drug-likeness (QED) is 0.846. The van der Waals surface area contributed by atoms with Crippen molar-refractivity contribution >= 4 is 0 Å². The van der Waals surface area contributed by atoms with Gasteiger partial charge in [0.2, 0.25) is 0 Å². The molecule has 2 saturated carbocycles. The van der Waals surface area contributed by atoms with Crippen LogP contribution in [0.1, 0.15) is 55.5 Å². The van der Waals surface area contributed by atoms with Crippen molar-refractivity contribution in [3.05, 3.63) is 17.0 Å². The van der Waals surface area contributed by atoms with Gasteiger partial charge in [0.1, 0.15) is 0 Å². The molecule has 2 atom stereocenters. The number of aliphatic hydroxyl groups excluding tert-OH is 1. The van der Waals surface area contributed by atoms with Gasteiger partial charge in [0.15, 0.2) is 0 Å². The van der Waals surface area contributed by atoms with Gasteiger partial charge < -0.3 is 10.4 Å². The summed E-state index contributed by atoms with van der Waals surface area (Å²) in [4.78, 5) is 0. The molecule has 0 aromatic carbocycles. The fourth-order valence-electron chi connectivity index (χ4n) is 3.93. The number of aromatic nitrogens is 2. The molecule has 1 aromatic rings. The summed E-state index contributed by atoms with van der Waals surface area (Å²) >= 11 is 0. The van der Waals surface area contributed by atoms with Gasteiger partial charge >= 0.3 is 0 Å². The molecule has 2 aliphatic rings. The second-order valence-corrected chi connectivity index (χ2v) is 7.13. The summed E-state index contributed by atoms with van der Waals surface area (Å²) in [5, 5.41) is 18.4. The van der Waals surface area contributed by atoms with E-state index in [1.165, 1.54) is 36.9 Å². The van der Waals surface area contributed by atoms with Crippen molar-refractivity contribution in [2.24, 2.45) is 5.92 Å². The highest BCUT2D eigenvalue weighted by molar-refractivity contribution is 5.22. The van der Waals surface area contributed by atoms with E-state index in [1.807, 2.05) is 0 Å². The number of nitrogens with one attached hydrogen (secondary N) is 1. The molecule has 4 heteroatoms. The van der Waals surface area contributed by atoms with Crippen LogP contribution in [0.4, 0.5) is 0 Å². The van der Waals surface area contributed by atoms with E-state index >= 15 is 0 Å². The lowest BCUT2D eigenvalue weighted by atomic mass is 9.85. The number of aryl methyl sites for hydroxylation is 2. The van der Waals surface area contributed by atoms with Crippen LogP contribution in [-0.4, -0.2) is 33.1 Å². The molecule has 0 spiro atoms. The van der Waals surface area contributed by atoms with Crippen LogP contribution in [-0.2, 0) is 6.54 Å². The Labute approximate surface area is 127 Å². The third kappa shape index (κ3) is 2.88. The Morgan fingerprint density at radius 2 is 2.05 bits per heavy atom.